The number of aromatic nitrogens is 2. The van der Waals surface area contributed by atoms with Crippen molar-refractivity contribution in [2.45, 2.75) is 44.1 Å². The molecule has 0 aliphatic carbocycles. The Morgan fingerprint density at radius 1 is 1.22 bits per heavy atom. The summed E-state index contributed by atoms with van der Waals surface area (Å²) in [6, 6.07) is 12.7. The summed E-state index contributed by atoms with van der Waals surface area (Å²) in [6.45, 7) is 5.67. The highest BCUT2D eigenvalue weighted by molar-refractivity contribution is 5.85. The summed E-state index contributed by atoms with van der Waals surface area (Å²) in [5.74, 6) is 1.33. The van der Waals surface area contributed by atoms with E-state index in [1.807, 2.05) is 16.9 Å². The molecule has 2 aliphatic rings. The van der Waals surface area contributed by atoms with Crippen LogP contribution in [0.3, 0.4) is 0 Å². The number of benzene rings is 1. The molecule has 2 aromatic rings. The molecule has 0 spiro atoms. The van der Waals surface area contributed by atoms with E-state index in [0.717, 1.165) is 51.9 Å². The zero-order valence-electron chi connectivity index (χ0n) is 16.2. The van der Waals surface area contributed by atoms with Crippen molar-refractivity contribution in [2.24, 2.45) is 5.92 Å². The molecule has 144 valence electrons. The molecule has 3 heterocycles. The Morgan fingerprint density at radius 2 is 2.00 bits per heavy atom. The minimum Gasteiger partial charge on any atom is -0.340 e. The summed E-state index contributed by atoms with van der Waals surface area (Å²) in [5.41, 5.74) is 0.896. The molecule has 0 radical (unpaired) electrons. The van der Waals surface area contributed by atoms with Gasteiger partial charge in [-0.1, -0.05) is 43.7 Å². The van der Waals surface area contributed by atoms with Crippen molar-refractivity contribution < 1.29 is 4.79 Å². The second-order valence-corrected chi connectivity index (χ2v) is 7.96. The fourth-order valence-electron chi connectivity index (χ4n) is 4.97. The monoisotopic (exact) mass is 366 g/mol. The number of piperidine rings is 2. The van der Waals surface area contributed by atoms with E-state index in [-0.39, 0.29) is 5.91 Å². The van der Waals surface area contributed by atoms with E-state index in [1.165, 1.54) is 5.56 Å². The Balaban J connectivity index is 1.55. The van der Waals surface area contributed by atoms with Crippen molar-refractivity contribution in [3.05, 3.63) is 54.4 Å². The Morgan fingerprint density at radius 3 is 2.67 bits per heavy atom. The van der Waals surface area contributed by atoms with E-state index in [9.17, 15) is 4.79 Å². The van der Waals surface area contributed by atoms with E-state index < -0.39 is 5.54 Å². The van der Waals surface area contributed by atoms with Crippen LogP contribution < -0.4 is 5.32 Å². The molecule has 1 amide bonds. The van der Waals surface area contributed by atoms with Gasteiger partial charge in [0.2, 0.25) is 0 Å². The third-order valence-corrected chi connectivity index (χ3v) is 6.55. The second kappa shape index (κ2) is 7.85. The lowest BCUT2D eigenvalue weighted by molar-refractivity contribution is -0.145. The summed E-state index contributed by atoms with van der Waals surface area (Å²) in [7, 11) is 0. The predicted molar refractivity (Wildman–Crippen MR) is 106 cm³/mol. The van der Waals surface area contributed by atoms with Gasteiger partial charge in [-0.05, 0) is 55.8 Å². The number of rotatable bonds is 4. The normalized spacial score (nSPS) is 25.3. The highest BCUT2D eigenvalue weighted by Crippen LogP contribution is 2.37. The fourth-order valence-corrected chi connectivity index (χ4v) is 4.97. The molecule has 2 aliphatic heterocycles. The third-order valence-electron chi connectivity index (χ3n) is 6.55. The van der Waals surface area contributed by atoms with Crippen molar-refractivity contribution >= 4 is 5.91 Å². The minimum absolute atomic E-state index is 0.262. The standard InChI is InChI=1S/C22H30N4O/c1-2-18-17-25(16-9-20(18)19-7-4-3-5-8-19)21(27)22(10-13-23-14-11-22)26-15-6-12-24-26/h3-8,12,15,18,20,23H,2,9-11,13-14,16-17H2,1H3. The zero-order chi connectivity index (χ0) is 18.7. The maximum absolute atomic E-state index is 13.7. The van der Waals surface area contributed by atoms with Crippen LogP contribution in [0.4, 0.5) is 0 Å². The van der Waals surface area contributed by atoms with Gasteiger partial charge in [0.15, 0.2) is 0 Å². The Kier molecular flexibility index (Phi) is 5.30. The first kappa shape index (κ1) is 18.2. The average Bonchev–Trinajstić information content (AvgIpc) is 3.29. The number of hydrogen-bond donors (Lipinski definition) is 1. The zero-order valence-corrected chi connectivity index (χ0v) is 16.2. The number of carbonyl (C=O) groups is 1. The van der Waals surface area contributed by atoms with Gasteiger partial charge in [0, 0.05) is 25.5 Å². The molecule has 0 bridgehead atoms. The summed E-state index contributed by atoms with van der Waals surface area (Å²) >= 11 is 0. The van der Waals surface area contributed by atoms with E-state index >= 15 is 0 Å². The molecular formula is C22H30N4O. The van der Waals surface area contributed by atoms with Gasteiger partial charge >= 0.3 is 0 Å². The molecule has 4 rings (SSSR count). The molecule has 0 saturated carbocycles. The van der Waals surface area contributed by atoms with Gasteiger partial charge in [-0.25, -0.2) is 0 Å². The molecule has 2 fully saturated rings. The molecule has 27 heavy (non-hydrogen) atoms. The molecule has 1 N–H and O–H groups in total. The van der Waals surface area contributed by atoms with Crippen molar-refractivity contribution in [3.63, 3.8) is 0 Å². The molecule has 2 atom stereocenters. The fraction of sp³-hybridized carbons (Fsp3) is 0.545. The van der Waals surface area contributed by atoms with Crippen LogP contribution in [0, 0.1) is 5.92 Å². The van der Waals surface area contributed by atoms with Crippen LogP contribution in [0.2, 0.25) is 0 Å². The van der Waals surface area contributed by atoms with Crippen LogP contribution in [-0.4, -0.2) is 46.8 Å². The first-order chi connectivity index (χ1) is 13.2. The molecular weight excluding hydrogens is 336 g/mol. The van der Waals surface area contributed by atoms with Crippen LogP contribution >= 0.6 is 0 Å². The Bertz CT molecular complexity index is 737. The lowest BCUT2D eigenvalue weighted by Crippen LogP contribution is -2.57. The van der Waals surface area contributed by atoms with Crippen molar-refractivity contribution in [2.75, 3.05) is 26.2 Å². The van der Waals surface area contributed by atoms with E-state index in [0.29, 0.717) is 11.8 Å². The Labute approximate surface area is 161 Å². The lowest BCUT2D eigenvalue weighted by atomic mass is 9.78. The average molecular weight is 367 g/mol. The van der Waals surface area contributed by atoms with Gasteiger partial charge in [0.1, 0.15) is 5.54 Å². The third kappa shape index (κ3) is 3.41. The summed E-state index contributed by atoms with van der Waals surface area (Å²) in [6.07, 6.45) is 7.50. The summed E-state index contributed by atoms with van der Waals surface area (Å²) < 4.78 is 1.92. The minimum atomic E-state index is -0.521. The highest BCUT2D eigenvalue weighted by atomic mass is 16.2. The molecule has 1 aromatic heterocycles. The number of nitrogens with zero attached hydrogens (tertiary/aromatic N) is 3. The SMILES string of the molecule is CCC1CN(C(=O)C2(n3cccn3)CCNCC2)CCC1c1ccccc1. The smallest absolute Gasteiger partial charge is 0.250 e. The van der Waals surface area contributed by atoms with Crippen LogP contribution in [-0.2, 0) is 10.3 Å². The van der Waals surface area contributed by atoms with Gasteiger partial charge in [-0.15, -0.1) is 0 Å². The van der Waals surface area contributed by atoms with E-state index in [1.54, 1.807) is 6.20 Å². The van der Waals surface area contributed by atoms with Gasteiger partial charge < -0.3 is 10.2 Å². The molecule has 1 aromatic carbocycles. The van der Waals surface area contributed by atoms with Gasteiger partial charge in [-0.3, -0.25) is 9.48 Å². The van der Waals surface area contributed by atoms with Crippen LogP contribution in [0.25, 0.3) is 0 Å². The largest absolute Gasteiger partial charge is 0.340 e. The van der Waals surface area contributed by atoms with Crippen LogP contribution in [0.1, 0.15) is 44.1 Å². The van der Waals surface area contributed by atoms with Crippen LogP contribution in [0.15, 0.2) is 48.8 Å². The van der Waals surface area contributed by atoms with Gasteiger partial charge in [0.25, 0.3) is 5.91 Å². The Hall–Kier alpha value is -2.14. The van der Waals surface area contributed by atoms with Crippen molar-refractivity contribution in [1.82, 2.24) is 20.0 Å². The van der Waals surface area contributed by atoms with Gasteiger partial charge in [-0.2, -0.15) is 5.10 Å². The second-order valence-electron chi connectivity index (χ2n) is 7.96. The summed E-state index contributed by atoms with van der Waals surface area (Å²) in [5, 5.41) is 7.87. The van der Waals surface area contributed by atoms with E-state index in [2.05, 4.69) is 52.6 Å². The van der Waals surface area contributed by atoms with Crippen molar-refractivity contribution in [1.29, 1.82) is 0 Å². The highest BCUT2D eigenvalue weighted by Gasteiger charge is 2.46. The predicted octanol–water partition coefficient (Wildman–Crippen LogP) is 3.00. The molecule has 2 unspecified atom stereocenters. The maximum Gasteiger partial charge on any atom is 0.250 e. The van der Waals surface area contributed by atoms with Gasteiger partial charge in [0.05, 0.1) is 0 Å². The number of nitrogens with one attached hydrogen (secondary N) is 1. The molecule has 5 heteroatoms. The topological polar surface area (TPSA) is 50.2 Å². The number of hydrogen-bond acceptors (Lipinski definition) is 3. The quantitative estimate of drug-likeness (QED) is 0.905. The number of carbonyl (C=O) groups excluding carboxylic acids is 1. The van der Waals surface area contributed by atoms with Crippen LogP contribution in [0.5, 0.6) is 0 Å². The lowest BCUT2D eigenvalue weighted by Gasteiger charge is -2.44. The molecule has 2 saturated heterocycles. The van der Waals surface area contributed by atoms with E-state index in [4.69, 9.17) is 0 Å². The molecule has 5 nitrogen and oxygen atoms in total. The van der Waals surface area contributed by atoms with Crippen molar-refractivity contribution in [3.8, 4) is 0 Å². The summed E-state index contributed by atoms with van der Waals surface area (Å²) in [4.78, 5) is 15.8. The number of likely N-dealkylation sites (tertiary alicyclic amines) is 1. The number of amides is 1. The maximum atomic E-state index is 13.7. The first-order valence-electron chi connectivity index (χ1n) is 10.3. The first-order valence-corrected chi connectivity index (χ1v) is 10.3.